The minimum Gasteiger partial charge on any atom is -0.326 e. The van der Waals surface area contributed by atoms with Crippen molar-refractivity contribution >= 4 is 35.2 Å². The van der Waals surface area contributed by atoms with Crippen molar-refractivity contribution in [3.63, 3.8) is 0 Å². The Labute approximate surface area is 170 Å². The van der Waals surface area contributed by atoms with E-state index in [9.17, 15) is 14.4 Å². The standard InChI is InChI=1S/C23H25N3O3/c1-4-22(28)24-19-10-7-11-20(15(19)2)25-23(29)14-21-18-9-6-5-8-17(18)12-13-26(21)16(3)27/h5-13,21H,4,14H2,1-3H3,(H,24,28)(H,25,29). The fourth-order valence-electron chi connectivity index (χ4n) is 3.44. The lowest BCUT2D eigenvalue weighted by Gasteiger charge is -2.32. The van der Waals surface area contributed by atoms with Gasteiger partial charge in [0.25, 0.3) is 0 Å². The number of carbonyl (C=O) groups is 3. The molecule has 3 rings (SSSR count). The predicted octanol–water partition coefficient (Wildman–Crippen LogP) is 4.25. The van der Waals surface area contributed by atoms with Crippen LogP contribution in [0.4, 0.5) is 11.4 Å². The third-order valence-electron chi connectivity index (χ3n) is 5.05. The van der Waals surface area contributed by atoms with Gasteiger partial charge in [-0.05, 0) is 41.8 Å². The van der Waals surface area contributed by atoms with Gasteiger partial charge in [0.1, 0.15) is 0 Å². The summed E-state index contributed by atoms with van der Waals surface area (Å²) in [5.74, 6) is -0.401. The molecule has 0 aromatic heterocycles. The summed E-state index contributed by atoms with van der Waals surface area (Å²) in [6.45, 7) is 5.13. The van der Waals surface area contributed by atoms with Gasteiger partial charge in [-0.1, -0.05) is 37.3 Å². The molecule has 3 amide bonds. The summed E-state index contributed by atoms with van der Waals surface area (Å²) >= 11 is 0. The molecule has 0 spiro atoms. The van der Waals surface area contributed by atoms with Crippen LogP contribution in [0.5, 0.6) is 0 Å². The van der Waals surface area contributed by atoms with Gasteiger partial charge in [0.15, 0.2) is 0 Å². The van der Waals surface area contributed by atoms with Crippen LogP contribution in [0.3, 0.4) is 0 Å². The smallest absolute Gasteiger partial charge is 0.226 e. The number of anilines is 2. The lowest BCUT2D eigenvalue weighted by atomic mass is 9.93. The Morgan fingerprint density at radius 3 is 2.28 bits per heavy atom. The van der Waals surface area contributed by atoms with Crippen molar-refractivity contribution < 1.29 is 14.4 Å². The molecule has 2 aromatic carbocycles. The number of carbonyl (C=O) groups excluding carboxylic acids is 3. The average Bonchev–Trinajstić information content (AvgIpc) is 2.70. The molecule has 1 aliphatic heterocycles. The summed E-state index contributed by atoms with van der Waals surface area (Å²) in [4.78, 5) is 38.2. The minimum atomic E-state index is -0.364. The first-order chi connectivity index (χ1) is 13.9. The van der Waals surface area contributed by atoms with E-state index in [4.69, 9.17) is 0 Å². The summed E-state index contributed by atoms with van der Waals surface area (Å²) in [5.41, 5.74) is 4.04. The van der Waals surface area contributed by atoms with E-state index < -0.39 is 0 Å². The zero-order chi connectivity index (χ0) is 21.0. The molecule has 150 valence electrons. The number of amides is 3. The molecule has 0 aliphatic carbocycles. The highest BCUT2D eigenvalue weighted by Gasteiger charge is 2.28. The third-order valence-corrected chi connectivity index (χ3v) is 5.05. The highest BCUT2D eigenvalue weighted by Crippen LogP contribution is 2.33. The fraction of sp³-hybridized carbons (Fsp3) is 0.261. The van der Waals surface area contributed by atoms with Gasteiger partial charge in [-0.15, -0.1) is 0 Å². The number of nitrogens with zero attached hydrogens (tertiary/aromatic N) is 1. The van der Waals surface area contributed by atoms with Gasteiger partial charge in [0.2, 0.25) is 17.7 Å². The Morgan fingerprint density at radius 1 is 0.966 bits per heavy atom. The SMILES string of the molecule is CCC(=O)Nc1cccc(NC(=O)CC2c3ccccc3C=CN2C(C)=O)c1C. The highest BCUT2D eigenvalue weighted by atomic mass is 16.2. The van der Waals surface area contributed by atoms with Gasteiger partial charge < -0.3 is 15.5 Å². The second kappa shape index (κ2) is 8.73. The van der Waals surface area contributed by atoms with Crippen molar-refractivity contribution in [1.82, 2.24) is 4.90 Å². The molecular weight excluding hydrogens is 366 g/mol. The van der Waals surface area contributed by atoms with Gasteiger partial charge in [0, 0.05) is 30.9 Å². The molecule has 6 nitrogen and oxygen atoms in total. The molecule has 0 saturated heterocycles. The van der Waals surface area contributed by atoms with E-state index in [1.54, 1.807) is 36.2 Å². The summed E-state index contributed by atoms with van der Waals surface area (Å²) in [5, 5.41) is 5.76. The quantitative estimate of drug-likeness (QED) is 0.800. The second-order valence-electron chi connectivity index (χ2n) is 7.02. The van der Waals surface area contributed by atoms with Gasteiger partial charge in [0.05, 0.1) is 12.5 Å². The first kappa shape index (κ1) is 20.3. The number of benzene rings is 2. The maximum Gasteiger partial charge on any atom is 0.226 e. The second-order valence-corrected chi connectivity index (χ2v) is 7.02. The van der Waals surface area contributed by atoms with Crippen LogP contribution in [-0.4, -0.2) is 22.6 Å². The maximum atomic E-state index is 12.8. The molecule has 0 bridgehead atoms. The molecular formula is C23H25N3O3. The van der Waals surface area contributed by atoms with Gasteiger partial charge in [-0.3, -0.25) is 14.4 Å². The van der Waals surface area contributed by atoms with Crippen molar-refractivity contribution in [2.24, 2.45) is 0 Å². The van der Waals surface area contributed by atoms with Crippen LogP contribution in [0.2, 0.25) is 0 Å². The molecule has 2 N–H and O–H groups in total. The number of nitrogens with one attached hydrogen (secondary N) is 2. The third kappa shape index (κ3) is 4.54. The average molecular weight is 391 g/mol. The molecule has 1 heterocycles. The molecule has 1 aliphatic rings. The van der Waals surface area contributed by atoms with Gasteiger partial charge in [-0.25, -0.2) is 0 Å². The topological polar surface area (TPSA) is 78.5 Å². The molecule has 1 atom stereocenters. The molecule has 0 fully saturated rings. The minimum absolute atomic E-state index is 0.0840. The van der Waals surface area contributed by atoms with E-state index in [0.29, 0.717) is 17.8 Å². The van der Waals surface area contributed by atoms with Crippen LogP contribution in [0.15, 0.2) is 48.7 Å². The molecule has 29 heavy (non-hydrogen) atoms. The lowest BCUT2D eigenvalue weighted by molar-refractivity contribution is -0.129. The van der Waals surface area contributed by atoms with Crippen molar-refractivity contribution in [3.05, 3.63) is 65.4 Å². The zero-order valence-corrected chi connectivity index (χ0v) is 16.9. The Kier molecular flexibility index (Phi) is 6.12. The van der Waals surface area contributed by atoms with Gasteiger partial charge in [-0.2, -0.15) is 0 Å². The van der Waals surface area contributed by atoms with Gasteiger partial charge >= 0.3 is 0 Å². The van der Waals surface area contributed by atoms with Crippen LogP contribution in [0.25, 0.3) is 6.08 Å². The summed E-state index contributed by atoms with van der Waals surface area (Å²) < 4.78 is 0. The Balaban J connectivity index is 1.80. The van der Waals surface area contributed by atoms with Crippen molar-refractivity contribution in [2.45, 2.75) is 39.7 Å². The lowest BCUT2D eigenvalue weighted by Crippen LogP contribution is -2.33. The largest absolute Gasteiger partial charge is 0.326 e. The summed E-state index contributed by atoms with van der Waals surface area (Å²) in [6.07, 6.45) is 4.13. The van der Waals surface area contributed by atoms with Crippen molar-refractivity contribution in [1.29, 1.82) is 0 Å². The normalized spacial score (nSPS) is 14.9. The van der Waals surface area contributed by atoms with E-state index in [-0.39, 0.29) is 30.2 Å². The highest BCUT2D eigenvalue weighted by molar-refractivity contribution is 5.96. The van der Waals surface area contributed by atoms with E-state index in [1.165, 1.54) is 6.92 Å². The van der Waals surface area contributed by atoms with Crippen LogP contribution in [0, 0.1) is 6.92 Å². The first-order valence-corrected chi connectivity index (χ1v) is 9.66. The predicted molar refractivity (Wildman–Crippen MR) is 114 cm³/mol. The Morgan fingerprint density at radius 2 is 1.62 bits per heavy atom. The van der Waals surface area contributed by atoms with Crippen molar-refractivity contribution in [3.8, 4) is 0 Å². The monoisotopic (exact) mass is 391 g/mol. The van der Waals surface area contributed by atoms with E-state index in [0.717, 1.165) is 16.7 Å². The van der Waals surface area contributed by atoms with Crippen LogP contribution in [-0.2, 0) is 14.4 Å². The first-order valence-electron chi connectivity index (χ1n) is 9.66. The molecule has 2 aromatic rings. The van der Waals surface area contributed by atoms with Crippen LogP contribution in [0.1, 0.15) is 49.4 Å². The zero-order valence-electron chi connectivity index (χ0n) is 16.9. The molecule has 1 unspecified atom stereocenters. The van der Waals surface area contributed by atoms with Crippen LogP contribution >= 0.6 is 0 Å². The summed E-state index contributed by atoms with van der Waals surface area (Å²) in [6, 6.07) is 12.8. The molecule has 0 saturated carbocycles. The number of hydrogen-bond acceptors (Lipinski definition) is 3. The maximum absolute atomic E-state index is 12.8. The van der Waals surface area contributed by atoms with E-state index in [2.05, 4.69) is 10.6 Å². The Bertz CT molecular complexity index is 981. The summed E-state index contributed by atoms with van der Waals surface area (Å²) in [7, 11) is 0. The van der Waals surface area contributed by atoms with Crippen LogP contribution < -0.4 is 10.6 Å². The number of hydrogen-bond donors (Lipinski definition) is 2. The Hall–Kier alpha value is -3.41. The number of fused-ring (bicyclic) bond motifs is 1. The van der Waals surface area contributed by atoms with Crippen molar-refractivity contribution in [2.75, 3.05) is 10.6 Å². The van der Waals surface area contributed by atoms with E-state index in [1.807, 2.05) is 37.3 Å². The van der Waals surface area contributed by atoms with E-state index >= 15 is 0 Å². The molecule has 0 radical (unpaired) electrons. The number of rotatable bonds is 5. The molecule has 6 heteroatoms. The fourth-order valence-corrected chi connectivity index (χ4v) is 3.44.